The number of ether oxygens (including phenoxy) is 2. The molecule has 20 heavy (non-hydrogen) atoms. The first-order chi connectivity index (χ1) is 9.67. The number of rotatable bonds is 5. The van der Waals surface area contributed by atoms with Crippen molar-refractivity contribution in [1.82, 2.24) is 5.32 Å². The molecule has 0 spiro atoms. The highest BCUT2D eigenvalue weighted by atomic mass is 16.7. The highest BCUT2D eigenvalue weighted by Gasteiger charge is 2.28. The monoisotopic (exact) mass is 277 g/mol. The summed E-state index contributed by atoms with van der Waals surface area (Å²) < 4.78 is 10.4. The van der Waals surface area contributed by atoms with Crippen LogP contribution in [0.15, 0.2) is 24.3 Å². The molecule has 0 bridgehead atoms. The van der Waals surface area contributed by atoms with Crippen molar-refractivity contribution < 1.29 is 14.3 Å². The number of carbonyl (C=O) groups excluding carboxylic acids is 1. The first-order valence-corrected chi connectivity index (χ1v) is 7.11. The Labute approximate surface area is 120 Å². The van der Waals surface area contributed by atoms with E-state index in [2.05, 4.69) is 17.4 Å². The lowest BCUT2D eigenvalue weighted by Crippen LogP contribution is -2.45. The molecule has 4 heteroatoms. The highest BCUT2D eigenvalue weighted by Crippen LogP contribution is 2.31. The van der Waals surface area contributed by atoms with E-state index in [0.717, 1.165) is 24.8 Å². The van der Waals surface area contributed by atoms with Crippen molar-refractivity contribution >= 4 is 5.91 Å². The minimum absolute atomic E-state index is 0.0586. The van der Waals surface area contributed by atoms with Crippen LogP contribution in [-0.4, -0.2) is 32.5 Å². The van der Waals surface area contributed by atoms with Crippen molar-refractivity contribution in [2.24, 2.45) is 0 Å². The Hall–Kier alpha value is -1.39. The normalized spacial score (nSPS) is 19.5. The lowest BCUT2D eigenvalue weighted by atomic mass is 9.82. The van der Waals surface area contributed by atoms with Crippen LogP contribution < -0.4 is 5.32 Å². The van der Waals surface area contributed by atoms with Crippen LogP contribution in [0.3, 0.4) is 0 Å². The van der Waals surface area contributed by atoms with E-state index in [0.29, 0.717) is 0 Å². The van der Waals surface area contributed by atoms with Gasteiger partial charge >= 0.3 is 0 Å². The Morgan fingerprint density at radius 1 is 1.30 bits per heavy atom. The van der Waals surface area contributed by atoms with Gasteiger partial charge in [0.2, 0.25) is 5.91 Å². The van der Waals surface area contributed by atoms with Gasteiger partial charge in [0.15, 0.2) is 6.29 Å². The van der Waals surface area contributed by atoms with Gasteiger partial charge in [0.1, 0.15) is 0 Å². The smallest absolute Gasteiger partial charge is 0.227 e. The number of methoxy groups -OCH3 is 2. The van der Waals surface area contributed by atoms with Crippen LogP contribution in [0.2, 0.25) is 0 Å². The summed E-state index contributed by atoms with van der Waals surface area (Å²) in [4.78, 5) is 12.5. The minimum atomic E-state index is -0.419. The van der Waals surface area contributed by atoms with Crippen LogP contribution in [0.1, 0.15) is 36.8 Å². The first-order valence-electron chi connectivity index (χ1n) is 7.11. The topological polar surface area (TPSA) is 47.6 Å². The second-order valence-electron chi connectivity index (χ2n) is 5.28. The van der Waals surface area contributed by atoms with E-state index in [9.17, 15) is 4.79 Å². The summed E-state index contributed by atoms with van der Waals surface area (Å²) >= 11 is 0. The van der Waals surface area contributed by atoms with Gasteiger partial charge in [-0.2, -0.15) is 0 Å². The Bertz CT molecular complexity index is 457. The summed E-state index contributed by atoms with van der Waals surface area (Å²) in [5, 5.41) is 3.00. The summed E-state index contributed by atoms with van der Waals surface area (Å²) in [6, 6.07) is 8.04. The molecule has 2 unspecified atom stereocenters. The molecule has 1 aromatic rings. The maximum absolute atomic E-state index is 12.5. The van der Waals surface area contributed by atoms with Gasteiger partial charge in [-0.1, -0.05) is 24.3 Å². The number of aryl methyl sites for hydroxylation is 1. The van der Waals surface area contributed by atoms with Crippen molar-refractivity contribution in [3.63, 3.8) is 0 Å². The van der Waals surface area contributed by atoms with Crippen LogP contribution in [0.25, 0.3) is 0 Å². The van der Waals surface area contributed by atoms with Gasteiger partial charge in [-0.3, -0.25) is 4.79 Å². The fourth-order valence-electron chi connectivity index (χ4n) is 2.92. The average Bonchev–Trinajstić information content (AvgIpc) is 2.47. The molecule has 0 aliphatic heterocycles. The molecule has 4 nitrogen and oxygen atoms in total. The molecular weight excluding hydrogens is 254 g/mol. The van der Waals surface area contributed by atoms with Gasteiger partial charge in [-0.25, -0.2) is 0 Å². The largest absolute Gasteiger partial charge is 0.354 e. The molecule has 2 rings (SSSR count). The van der Waals surface area contributed by atoms with E-state index in [-0.39, 0.29) is 17.9 Å². The quantitative estimate of drug-likeness (QED) is 0.840. The Morgan fingerprint density at radius 2 is 2.00 bits per heavy atom. The van der Waals surface area contributed by atoms with E-state index >= 15 is 0 Å². The zero-order valence-electron chi connectivity index (χ0n) is 12.4. The van der Waals surface area contributed by atoms with E-state index < -0.39 is 6.29 Å². The number of fused-ring (bicyclic) bond motifs is 1. The molecule has 1 amide bonds. The Balaban J connectivity index is 2.07. The minimum Gasteiger partial charge on any atom is -0.354 e. The van der Waals surface area contributed by atoms with Crippen LogP contribution in [0.5, 0.6) is 0 Å². The maximum Gasteiger partial charge on any atom is 0.227 e. The van der Waals surface area contributed by atoms with Gasteiger partial charge in [0.05, 0.1) is 12.0 Å². The lowest BCUT2D eigenvalue weighted by Gasteiger charge is -2.28. The van der Waals surface area contributed by atoms with E-state index in [4.69, 9.17) is 9.47 Å². The van der Waals surface area contributed by atoms with Crippen LogP contribution in [0.4, 0.5) is 0 Å². The van der Waals surface area contributed by atoms with Gasteiger partial charge in [0.25, 0.3) is 0 Å². The van der Waals surface area contributed by atoms with E-state index in [1.54, 1.807) is 14.2 Å². The SMILES string of the molecule is COC(OC)C(C)NC(=O)C1CCCc2ccccc21. The third kappa shape index (κ3) is 3.19. The molecule has 1 aliphatic carbocycles. The third-order valence-electron chi connectivity index (χ3n) is 3.93. The predicted octanol–water partition coefficient (Wildman–Crippen LogP) is 2.23. The molecule has 0 heterocycles. The van der Waals surface area contributed by atoms with Crippen molar-refractivity contribution in [2.45, 2.75) is 44.4 Å². The fraction of sp³-hybridized carbons (Fsp3) is 0.562. The number of nitrogens with one attached hydrogen (secondary N) is 1. The number of hydrogen-bond donors (Lipinski definition) is 1. The van der Waals surface area contributed by atoms with Gasteiger partial charge in [0, 0.05) is 14.2 Å². The molecule has 110 valence electrons. The molecular formula is C16H23NO3. The summed E-state index contributed by atoms with van der Waals surface area (Å²) in [6.07, 6.45) is 2.61. The molecule has 0 aromatic heterocycles. The molecule has 1 aliphatic rings. The fourth-order valence-corrected chi connectivity index (χ4v) is 2.92. The van der Waals surface area contributed by atoms with Gasteiger partial charge < -0.3 is 14.8 Å². The van der Waals surface area contributed by atoms with Crippen LogP contribution >= 0.6 is 0 Å². The number of benzene rings is 1. The molecule has 0 fully saturated rings. The predicted molar refractivity (Wildman–Crippen MR) is 77.5 cm³/mol. The first kappa shape index (κ1) is 15.0. The Kier molecular flexibility index (Phi) is 5.15. The third-order valence-corrected chi connectivity index (χ3v) is 3.93. The highest BCUT2D eigenvalue weighted by molar-refractivity contribution is 5.84. The molecule has 1 aromatic carbocycles. The molecule has 1 N–H and O–H groups in total. The number of hydrogen-bond acceptors (Lipinski definition) is 3. The van der Waals surface area contributed by atoms with Gasteiger partial charge in [-0.05, 0) is 37.3 Å². The van der Waals surface area contributed by atoms with Crippen molar-refractivity contribution in [2.75, 3.05) is 14.2 Å². The zero-order chi connectivity index (χ0) is 14.5. The maximum atomic E-state index is 12.5. The van der Waals surface area contributed by atoms with E-state index in [1.165, 1.54) is 5.56 Å². The summed E-state index contributed by atoms with van der Waals surface area (Å²) in [5.41, 5.74) is 2.46. The second kappa shape index (κ2) is 6.86. The second-order valence-corrected chi connectivity index (χ2v) is 5.28. The molecule has 2 atom stereocenters. The van der Waals surface area contributed by atoms with E-state index in [1.807, 2.05) is 19.1 Å². The summed E-state index contributed by atoms with van der Waals surface area (Å²) in [5.74, 6) is 0.000474. The zero-order valence-corrected chi connectivity index (χ0v) is 12.4. The van der Waals surface area contributed by atoms with Gasteiger partial charge in [-0.15, -0.1) is 0 Å². The number of carbonyl (C=O) groups is 1. The Morgan fingerprint density at radius 3 is 2.70 bits per heavy atom. The lowest BCUT2D eigenvalue weighted by molar-refractivity contribution is -0.137. The van der Waals surface area contributed by atoms with Crippen molar-refractivity contribution in [3.8, 4) is 0 Å². The van der Waals surface area contributed by atoms with Crippen LogP contribution in [-0.2, 0) is 20.7 Å². The average molecular weight is 277 g/mol. The molecule has 0 saturated carbocycles. The van der Waals surface area contributed by atoms with Crippen molar-refractivity contribution in [3.05, 3.63) is 35.4 Å². The van der Waals surface area contributed by atoms with Crippen LogP contribution in [0, 0.1) is 0 Å². The molecule has 0 saturated heterocycles. The molecule has 0 radical (unpaired) electrons. The van der Waals surface area contributed by atoms with Crippen molar-refractivity contribution in [1.29, 1.82) is 0 Å². The standard InChI is InChI=1S/C16H23NO3/c1-11(16(19-2)20-3)17-15(18)14-10-6-8-12-7-4-5-9-13(12)14/h4-5,7,9,11,14,16H,6,8,10H2,1-3H3,(H,17,18). The number of amides is 1. The summed E-state index contributed by atoms with van der Waals surface area (Å²) in [6.45, 7) is 1.89. The summed E-state index contributed by atoms with van der Waals surface area (Å²) in [7, 11) is 3.15.